The molecule has 2 amide bonds. The molecule has 2 aromatic heterocycles. The highest BCUT2D eigenvalue weighted by molar-refractivity contribution is 7.12. The van der Waals surface area contributed by atoms with E-state index in [9.17, 15) is 14.4 Å². The molecule has 1 atom stereocenters. The van der Waals surface area contributed by atoms with Crippen LogP contribution < -0.4 is 5.56 Å². The molecule has 2 aliphatic heterocycles. The van der Waals surface area contributed by atoms with Crippen molar-refractivity contribution >= 4 is 23.2 Å². The lowest BCUT2D eigenvalue weighted by molar-refractivity contribution is -0.132. The first kappa shape index (κ1) is 19.8. The van der Waals surface area contributed by atoms with E-state index in [1.54, 1.807) is 4.90 Å². The molecule has 1 fully saturated rings. The van der Waals surface area contributed by atoms with Gasteiger partial charge in [-0.15, -0.1) is 11.3 Å². The first-order valence-corrected chi connectivity index (χ1v) is 11.2. The number of hydrogen-bond acceptors (Lipinski definition) is 5. The lowest BCUT2D eigenvalue weighted by Crippen LogP contribution is -2.42. The number of rotatable bonds is 4. The van der Waals surface area contributed by atoms with E-state index in [1.165, 1.54) is 11.3 Å². The number of fused-ring (bicyclic) bond motifs is 1. The Morgan fingerprint density at radius 1 is 1.31 bits per heavy atom. The largest absolute Gasteiger partial charge is 0.342 e. The number of aromatic amines is 1. The molecule has 7 nitrogen and oxygen atoms in total. The number of amides is 2. The summed E-state index contributed by atoms with van der Waals surface area (Å²) in [5.41, 5.74) is 1.21. The topological polar surface area (TPSA) is 86.4 Å². The van der Waals surface area contributed by atoms with Gasteiger partial charge in [0.1, 0.15) is 5.82 Å². The fraction of sp³-hybridized carbons (Fsp3) is 0.524. The zero-order chi connectivity index (χ0) is 20.4. The van der Waals surface area contributed by atoms with Crippen LogP contribution in [0, 0.1) is 0 Å². The third kappa shape index (κ3) is 4.12. The molecule has 0 radical (unpaired) electrons. The molecule has 4 rings (SSSR count). The van der Waals surface area contributed by atoms with Gasteiger partial charge in [0.15, 0.2) is 0 Å². The second kappa shape index (κ2) is 8.49. The van der Waals surface area contributed by atoms with Gasteiger partial charge < -0.3 is 14.8 Å². The monoisotopic (exact) mass is 414 g/mol. The number of piperidine rings is 1. The van der Waals surface area contributed by atoms with Crippen LogP contribution in [-0.2, 0) is 17.8 Å². The second-order valence-electron chi connectivity index (χ2n) is 7.76. The van der Waals surface area contributed by atoms with Crippen LogP contribution in [-0.4, -0.2) is 51.2 Å². The normalized spacial score (nSPS) is 19.1. The van der Waals surface area contributed by atoms with Crippen LogP contribution in [0.1, 0.15) is 65.3 Å². The van der Waals surface area contributed by atoms with Gasteiger partial charge in [-0.2, -0.15) is 0 Å². The van der Waals surface area contributed by atoms with Crippen LogP contribution in [0.25, 0.3) is 0 Å². The number of carbonyl (C=O) groups excluding carboxylic acids is 2. The number of H-pyrrole nitrogens is 1. The van der Waals surface area contributed by atoms with Crippen molar-refractivity contribution in [2.45, 2.75) is 51.5 Å². The van der Waals surface area contributed by atoms with Crippen molar-refractivity contribution in [3.63, 3.8) is 0 Å². The molecule has 29 heavy (non-hydrogen) atoms. The van der Waals surface area contributed by atoms with Gasteiger partial charge in [0.05, 0.1) is 22.7 Å². The van der Waals surface area contributed by atoms with E-state index in [0.29, 0.717) is 48.7 Å². The zero-order valence-corrected chi connectivity index (χ0v) is 17.5. The molecule has 0 bridgehead atoms. The maximum Gasteiger partial charge on any atom is 0.264 e. The molecule has 1 N–H and O–H groups in total. The fourth-order valence-corrected chi connectivity index (χ4v) is 4.86. The predicted octanol–water partition coefficient (Wildman–Crippen LogP) is 2.54. The Labute approximate surface area is 173 Å². The highest BCUT2D eigenvalue weighted by Crippen LogP contribution is 2.26. The Morgan fingerprint density at radius 2 is 2.17 bits per heavy atom. The average molecular weight is 415 g/mol. The molecule has 0 spiro atoms. The van der Waals surface area contributed by atoms with Gasteiger partial charge in [0.25, 0.3) is 11.5 Å². The molecule has 2 aliphatic rings. The standard InChI is InChI=1S/C21H26N4O3S/c1-2-5-18(26)24-9-3-6-14(12-24)19-22-16-8-10-25(13-15(16)20(27)23-19)21(28)17-7-4-11-29-17/h4,7,11,14H,2-3,5-6,8-10,12-13H2,1H3,(H,22,23,27). The summed E-state index contributed by atoms with van der Waals surface area (Å²) in [4.78, 5) is 49.7. The number of hydrogen-bond donors (Lipinski definition) is 1. The van der Waals surface area contributed by atoms with Gasteiger partial charge in [0.2, 0.25) is 5.91 Å². The minimum absolute atomic E-state index is 0.0357. The van der Waals surface area contributed by atoms with Crippen LogP contribution in [0.3, 0.4) is 0 Å². The van der Waals surface area contributed by atoms with Crippen LogP contribution in [0.15, 0.2) is 22.3 Å². The van der Waals surface area contributed by atoms with Crippen molar-refractivity contribution in [2.75, 3.05) is 19.6 Å². The van der Waals surface area contributed by atoms with Crippen molar-refractivity contribution in [2.24, 2.45) is 0 Å². The lowest BCUT2D eigenvalue weighted by atomic mass is 9.96. The minimum atomic E-state index is -0.161. The van der Waals surface area contributed by atoms with Crippen molar-refractivity contribution in [1.82, 2.24) is 19.8 Å². The van der Waals surface area contributed by atoms with E-state index in [2.05, 4.69) is 4.98 Å². The summed E-state index contributed by atoms with van der Waals surface area (Å²) in [5, 5.41) is 1.88. The Kier molecular flexibility index (Phi) is 5.80. The van der Waals surface area contributed by atoms with Crippen LogP contribution in [0.2, 0.25) is 0 Å². The van der Waals surface area contributed by atoms with Crippen molar-refractivity contribution in [3.05, 3.63) is 49.8 Å². The Morgan fingerprint density at radius 3 is 2.93 bits per heavy atom. The number of aromatic nitrogens is 2. The predicted molar refractivity (Wildman–Crippen MR) is 111 cm³/mol. The smallest absolute Gasteiger partial charge is 0.264 e. The molecule has 1 saturated heterocycles. The average Bonchev–Trinajstić information content (AvgIpc) is 3.28. The van der Waals surface area contributed by atoms with Gasteiger partial charge >= 0.3 is 0 Å². The van der Waals surface area contributed by atoms with Gasteiger partial charge in [-0.3, -0.25) is 14.4 Å². The molecule has 0 aliphatic carbocycles. The quantitative estimate of drug-likeness (QED) is 0.833. The number of likely N-dealkylation sites (tertiary alicyclic amines) is 1. The van der Waals surface area contributed by atoms with Crippen LogP contribution >= 0.6 is 11.3 Å². The van der Waals surface area contributed by atoms with Gasteiger partial charge in [-0.25, -0.2) is 4.98 Å². The van der Waals surface area contributed by atoms with Crippen LogP contribution in [0.5, 0.6) is 0 Å². The summed E-state index contributed by atoms with van der Waals surface area (Å²) in [5.74, 6) is 0.890. The molecule has 1 unspecified atom stereocenters. The molecule has 4 heterocycles. The molecule has 154 valence electrons. The van der Waals surface area contributed by atoms with E-state index in [4.69, 9.17) is 4.98 Å². The number of nitrogens with one attached hydrogen (secondary N) is 1. The zero-order valence-electron chi connectivity index (χ0n) is 16.6. The third-order valence-corrected chi connectivity index (χ3v) is 6.59. The first-order chi connectivity index (χ1) is 14.1. The molecule has 0 saturated carbocycles. The van der Waals surface area contributed by atoms with Crippen molar-refractivity contribution in [1.29, 1.82) is 0 Å². The van der Waals surface area contributed by atoms with Crippen LogP contribution in [0.4, 0.5) is 0 Å². The Bertz CT molecular complexity index is 953. The first-order valence-electron chi connectivity index (χ1n) is 10.3. The number of nitrogens with zero attached hydrogens (tertiary/aromatic N) is 3. The fourth-order valence-electron chi connectivity index (χ4n) is 4.17. The molecular formula is C21H26N4O3S. The lowest BCUT2D eigenvalue weighted by Gasteiger charge is -2.33. The molecule has 8 heteroatoms. The Hall–Kier alpha value is -2.48. The summed E-state index contributed by atoms with van der Waals surface area (Å²) < 4.78 is 0. The van der Waals surface area contributed by atoms with Crippen molar-refractivity contribution in [3.8, 4) is 0 Å². The maximum absolute atomic E-state index is 12.8. The summed E-state index contributed by atoms with van der Waals surface area (Å²) >= 11 is 1.41. The summed E-state index contributed by atoms with van der Waals surface area (Å²) in [6.07, 6.45) is 3.82. The summed E-state index contributed by atoms with van der Waals surface area (Å²) in [6, 6.07) is 3.66. The van der Waals surface area contributed by atoms with Crippen molar-refractivity contribution < 1.29 is 9.59 Å². The maximum atomic E-state index is 12.8. The minimum Gasteiger partial charge on any atom is -0.342 e. The summed E-state index contributed by atoms with van der Waals surface area (Å²) in [6.45, 7) is 4.26. The molecule has 0 aromatic carbocycles. The molecule has 2 aromatic rings. The summed E-state index contributed by atoms with van der Waals surface area (Å²) in [7, 11) is 0. The van der Waals surface area contributed by atoms with Gasteiger partial charge in [-0.1, -0.05) is 13.0 Å². The van der Waals surface area contributed by atoms with Gasteiger partial charge in [-0.05, 0) is 30.7 Å². The third-order valence-electron chi connectivity index (χ3n) is 5.73. The van der Waals surface area contributed by atoms with Gasteiger partial charge in [0, 0.05) is 38.4 Å². The number of thiophene rings is 1. The highest BCUT2D eigenvalue weighted by atomic mass is 32.1. The van der Waals surface area contributed by atoms with E-state index in [0.717, 1.165) is 31.5 Å². The highest BCUT2D eigenvalue weighted by Gasteiger charge is 2.29. The van der Waals surface area contributed by atoms with E-state index in [-0.39, 0.29) is 23.3 Å². The second-order valence-corrected chi connectivity index (χ2v) is 8.71. The molecular weight excluding hydrogens is 388 g/mol. The van der Waals surface area contributed by atoms with E-state index >= 15 is 0 Å². The Balaban J connectivity index is 1.51. The van der Waals surface area contributed by atoms with E-state index < -0.39 is 0 Å². The SMILES string of the molecule is CCCC(=O)N1CCCC(c2nc3c(c(=O)[nH]2)CN(C(=O)c2cccs2)CC3)C1. The number of carbonyl (C=O) groups is 2. The van der Waals surface area contributed by atoms with E-state index in [1.807, 2.05) is 29.3 Å².